The van der Waals surface area contributed by atoms with Crippen LogP contribution in [-0.2, 0) is 14.3 Å². The standard InChI is InChI=1S/C17H30N4O3.2ClH/c1-13(16(22)20-6-2-3-7-20)19-8-10-21(11-9-19)17(23)15-5-4-14(12-18)24-15;;/h13-15H,2-12,18H2,1H3;2*1H/t13?,14-,15+;;/m1../s1. The van der Waals surface area contributed by atoms with Gasteiger partial charge in [-0.1, -0.05) is 0 Å². The normalized spacial score (nSPS) is 27.6. The smallest absolute Gasteiger partial charge is 0.251 e. The number of carbonyl (C=O) groups excluding carboxylic acids is 2. The molecule has 3 atom stereocenters. The average Bonchev–Trinajstić information content (AvgIpc) is 3.31. The van der Waals surface area contributed by atoms with E-state index in [9.17, 15) is 9.59 Å². The summed E-state index contributed by atoms with van der Waals surface area (Å²) in [7, 11) is 0. The molecule has 0 aromatic carbocycles. The van der Waals surface area contributed by atoms with Gasteiger partial charge in [0.15, 0.2) is 0 Å². The van der Waals surface area contributed by atoms with Crippen molar-refractivity contribution >= 4 is 36.6 Å². The van der Waals surface area contributed by atoms with Gasteiger partial charge in [-0.15, -0.1) is 24.8 Å². The van der Waals surface area contributed by atoms with Gasteiger partial charge in [0.1, 0.15) is 6.10 Å². The van der Waals surface area contributed by atoms with E-state index in [1.165, 1.54) is 0 Å². The van der Waals surface area contributed by atoms with E-state index in [1.807, 2.05) is 16.7 Å². The molecule has 3 fully saturated rings. The Morgan fingerprint density at radius 1 is 1.00 bits per heavy atom. The van der Waals surface area contributed by atoms with Crippen molar-refractivity contribution in [2.75, 3.05) is 45.8 Å². The highest BCUT2D eigenvalue weighted by atomic mass is 35.5. The molecule has 1 unspecified atom stereocenters. The maximum atomic E-state index is 12.5. The van der Waals surface area contributed by atoms with Crippen LogP contribution in [0.25, 0.3) is 0 Å². The predicted molar refractivity (Wildman–Crippen MR) is 105 cm³/mol. The van der Waals surface area contributed by atoms with E-state index in [0.29, 0.717) is 19.6 Å². The molecule has 0 radical (unpaired) electrons. The lowest BCUT2D eigenvalue weighted by molar-refractivity contribution is -0.145. The van der Waals surface area contributed by atoms with Crippen LogP contribution in [-0.4, -0.2) is 90.6 Å². The number of amides is 2. The molecular formula is C17H32Cl2N4O3. The molecule has 26 heavy (non-hydrogen) atoms. The summed E-state index contributed by atoms with van der Waals surface area (Å²) >= 11 is 0. The molecule has 0 bridgehead atoms. The summed E-state index contributed by atoms with van der Waals surface area (Å²) in [5.41, 5.74) is 5.61. The highest BCUT2D eigenvalue weighted by Crippen LogP contribution is 2.22. The van der Waals surface area contributed by atoms with Gasteiger partial charge in [-0.3, -0.25) is 14.5 Å². The van der Waals surface area contributed by atoms with Crippen molar-refractivity contribution in [1.82, 2.24) is 14.7 Å². The molecule has 3 heterocycles. The first kappa shape index (κ1) is 23.4. The van der Waals surface area contributed by atoms with Gasteiger partial charge in [0.05, 0.1) is 12.1 Å². The van der Waals surface area contributed by atoms with Crippen LogP contribution in [0, 0.1) is 0 Å². The van der Waals surface area contributed by atoms with Crippen LogP contribution >= 0.6 is 24.8 Å². The topological polar surface area (TPSA) is 79.1 Å². The molecule has 7 nitrogen and oxygen atoms in total. The number of nitrogens with zero attached hydrogens (tertiary/aromatic N) is 3. The van der Waals surface area contributed by atoms with Crippen molar-refractivity contribution in [2.45, 2.75) is 50.9 Å². The van der Waals surface area contributed by atoms with Gasteiger partial charge >= 0.3 is 0 Å². The van der Waals surface area contributed by atoms with Crippen LogP contribution < -0.4 is 5.73 Å². The summed E-state index contributed by atoms with van der Waals surface area (Å²) in [4.78, 5) is 31.1. The number of ether oxygens (including phenoxy) is 1. The van der Waals surface area contributed by atoms with Gasteiger partial charge < -0.3 is 20.3 Å². The predicted octanol–water partition coefficient (Wildman–Crippen LogP) is 0.491. The second-order valence-corrected chi connectivity index (χ2v) is 7.13. The molecule has 2 N–H and O–H groups in total. The van der Waals surface area contributed by atoms with Gasteiger partial charge in [0.25, 0.3) is 5.91 Å². The molecule has 3 aliphatic heterocycles. The molecule has 0 aromatic rings. The molecule has 152 valence electrons. The number of likely N-dealkylation sites (tertiary alicyclic amines) is 1. The quantitative estimate of drug-likeness (QED) is 0.729. The lowest BCUT2D eigenvalue weighted by atomic mass is 10.1. The zero-order valence-corrected chi connectivity index (χ0v) is 17.1. The molecule has 9 heteroatoms. The summed E-state index contributed by atoms with van der Waals surface area (Å²) in [6, 6.07) is -0.0929. The Morgan fingerprint density at radius 2 is 1.62 bits per heavy atom. The number of carbonyl (C=O) groups is 2. The number of rotatable bonds is 4. The molecule has 0 spiro atoms. The second-order valence-electron chi connectivity index (χ2n) is 7.13. The van der Waals surface area contributed by atoms with Crippen molar-refractivity contribution < 1.29 is 14.3 Å². The highest BCUT2D eigenvalue weighted by molar-refractivity contribution is 5.85. The molecule has 0 aromatic heterocycles. The van der Waals surface area contributed by atoms with Crippen molar-refractivity contribution in [3.05, 3.63) is 0 Å². The number of nitrogens with two attached hydrogens (primary N) is 1. The first-order valence-electron chi connectivity index (χ1n) is 9.27. The fraction of sp³-hybridized carbons (Fsp3) is 0.882. The molecule has 3 saturated heterocycles. The second kappa shape index (κ2) is 10.7. The van der Waals surface area contributed by atoms with Crippen molar-refractivity contribution in [3.63, 3.8) is 0 Å². The lowest BCUT2D eigenvalue weighted by Gasteiger charge is -2.39. The lowest BCUT2D eigenvalue weighted by Crippen LogP contribution is -2.56. The van der Waals surface area contributed by atoms with Crippen LogP contribution in [0.1, 0.15) is 32.6 Å². The largest absolute Gasteiger partial charge is 0.364 e. The fourth-order valence-electron chi connectivity index (χ4n) is 3.95. The molecule has 0 saturated carbocycles. The SMILES string of the molecule is CC(C(=O)N1CCCC1)N1CCN(C(=O)[C@@H]2CC[C@H](CN)O2)CC1.Cl.Cl. The fourth-order valence-corrected chi connectivity index (χ4v) is 3.95. The first-order valence-corrected chi connectivity index (χ1v) is 9.27. The minimum atomic E-state index is -0.325. The van der Waals surface area contributed by atoms with Crippen LogP contribution in [0.2, 0.25) is 0 Å². The Balaban J connectivity index is 0.00000169. The Labute approximate surface area is 168 Å². The number of hydrogen-bond acceptors (Lipinski definition) is 5. The number of hydrogen-bond donors (Lipinski definition) is 1. The molecule has 3 rings (SSSR count). The Kier molecular flexibility index (Phi) is 9.61. The van der Waals surface area contributed by atoms with E-state index in [1.54, 1.807) is 0 Å². The van der Waals surface area contributed by atoms with Crippen LogP contribution in [0.5, 0.6) is 0 Å². The van der Waals surface area contributed by atoms with Gasteiger partial charge in [0.2, 0.25) is 5.91 Å². The van der Waals surface area contributed by atoms with Gasteiger partial charge in [-0.2, -0.15) is 0 Å². The van der Waals surface area contributed by atoms with Crippen molar-refractivity contribution in [3.8, 4) is 0 Å². The Morgan fingerprint density at radius 3 is 2.15 bits per heavy atom. The van der Waals surface area contributed by atoms with Gasteiger partial charge in [-0.05, 0) is 32.6 Å². The van der Waals surface area contributed by atoms with Gasteiger partial charge in [0, 0.05) is 45.8 Å². The maximum absolute atomic E-state index is 12.5. The monoisotopic (exact) mass is 410 g/mol. The van der Waals surface area contributed by atoms with E-state index < -0.39 is 0 Å². The number of piperazine rings is 1. The minimum absolute atomic E-state index is 0. The van der Waals surface area contributed by atoms with Crippen molar-refractivity contribution in [1.29, 1.82) is 0 Å². The third kappa shape index (κ3) is 5.23. The van der Waals surface area contributed by atoms with Crippen LogP contribution in [0.3, 0.4) is 0 Å². The summed E-state index contributed by atoms with van der Waals surface area (Å²) in [5.74, 6) is 0.321. The summed E-state index contributed by atoms with van der Waals surface area (Å²) in [6.07, 6.45) is 3.57. The van der Waals surface area contributed by atoms with E-state index >= 15 is 0 Å². The van der Waals surface area contributed by atoms with Gasteiger partial charge in [-0.25, -0.2) is 0 Å². The molecule has 2 amide bonds. The van der Waals surface area contributed by atoms with Crippen LogP contribution in [0.4, 0.5) is 0 Å². The summed E-state index contributed by atoms with van der Waals surface area (Å²) in [6.45, 7) is 7.09. The molecule has 3 aliphatic rings. The minimum Gasteiger partial charge on any atom is -0.364 e. The third-order valence-corrected chi connectivity index (χ3v) is 5.59. The zero-order valence-electron chi connectivity index (χ0n) is 15.5. The molecular weight excluding hydrogens is 379 g/mol. The molecule has 0 aliphatic carbocycles. The van der Waals surface area contributed by atoms with E-state index in [2.05, 4.69) is 4.90 Å². The Bertz CT molecular complexity index is 469. The highest BCUT2D eigenvalue weighted by Gasteiger charge is 2.36. The van der Waals surface area contributed by atoms with E-state index in [0.717, 1.165) is 51.9 Å². The first-order chi connectivity index (χ1) is 11.6. The third-order valence-electron chi connectivity index (χ3n) is 5.59. The summed E-state index contributed by atoms with van der Waals surface area (Å²) in [5, 5.41) is 0. The zero-order chi connectivity index (χ0) is 17.1. The Hall–Kier alpha value is -0.600. The van der Waals surface area contributed by atoms with Crippen molar-refractivity contribution in [2.24, 2.45) is 5.73 Å². The van der Waals surface area contributed by atoms with E-state index in [-0.39, 0.29) is 54.9 Å². The average molecular weight is 411 g/mol. The summed E-state index contributed by atoms with van der Waals surface area (Å²) < 4.78 is 5.72. The van der Waals surface area contributed by atoms with E-state index in [4.69, 9.17) is 10.5 Å². The maximum Gasteiger partial charge on any atom is 0.251 e. The number of halogens is 2. The van der Waals surface area contributed by atoms with Crippen LogP contribution in [0.15, 0.2) is 0 Å².